The van der Waals surface area contributed by atoms with Gasteiger partial charge < -0.3 is 10.0 Å². The van der Waals surface area contributed by atoms with Crippen LogP contribution in [-0.4, -0.2) is 40.0 Å². The Balaban J connectivity index is 2.04. The molecule has 0 atom stereocenters. The molecule has 6 heteroatoms. The monoisotopic (exact) mass is 268 g/mol. The summed E-state index contributed by atoms with van der Waals surface area (Å²) in [4.78, 5) is 28.5. The van der Waals surface area contributed by atoms with Crippen LogP contribution in [0.2, 0.25) is 5.02 Å². The maximum absolute atomic E-state index is 12.2. The number of carboxylic acid groups (broad SMARTS) is 1. The number of aromatic nitrogens is 1. The van der Waals surface area contributed by atoms with Crippen LogP contribution in [0.1, 0.15) is 23.2 Å². The average Bonchev–Trinajstić information content (AvgIpc) is 2.38. The lowest BCUT2D eigenvalue weighted by Gasteiger charge is -2.30. The molecule has 2 heterocycles. The van der Waals surface area contributed by atoms with Gasteiger partial charge in [0.15, 0.2) is 0 Å². The van der Waals surface area contributed by atoms with Crippen LogP contribution in [0.15, 0.2) is 18.5 Å². The molecule has 1 aliphatic rings. The van der Waals surface area contributed by atoms with Crippen molar-refractivity contribution < 1.29 is 14.7 Å². The molecule has 1 aromatic heterocycles. The number of hydrogen-bond donors (Lipinski definition) is 1. The fraction of sp³-hybridized carbons (Fsp3) is 0.417. The Morgan fingerprint density at radius 3 is 2.61 bits per heavy atom. The minimum absolute atomic E-state index is 0.183. The van der Waals surface area contributed by atoms with Gasteiger partial charge in [0.2, 0.25) is 0 Å². The zero-order chi connectivity index (χ0) is 13.1. The van der Waals surface area contributed by atoms with Gasteiger partial charge >= 0.3 is 5.97 Å². The van der Waals surface area contributed by atoms with Crippen molar-refractivity contribution >= 4 is 23.5 Å². The van der Waals surface area contributed by atoms with Crippen LogP contribution in [0.4, 0.5) is 0 Å². The number of amides is 1. The summed E-state index contributed by atoms with van der Waals surface area (Å²) in [5, 5.41) is 9.26. The summed E-state index contributed by atoms with van der Waals surface area (Å²) in [6.07, 6.45) is 3.93. The molecule has 0 radical (unpaired) electrons. The van der Waals surface area contributed by atoms with Gasteiger partial charge in [-0.25, -0.2) is 0 Å². The molecule has 2 rings (SSSR count). The van der Waals surface area contributed by atoms with Gasteiger partial charge in [0.05, 0.1) is 16.5 Å². The predicted molar refractivity (Wildman–Crippen MR) is 65.5 cm³/mol. The van der Waals surface area contributed by atoms with Crippen molar-refractivity contribution in [1.82, 2.24) is 9.88 Å². The summed E-state index contributed by atoms with van der Waals surface area (Å²) in [5.41, 5.74) is 0.368. The Kier molecular flexibility index (Phi) is 3.81. The molecule has 0 bridgehead atoms. The third-order valence-electron chi connectivity index (χ3n) is 3.13. The van der Waals surface area contributed by atoms with Crippen LogP contribution in [0.3, 0.4) is 0 Å². The van der Waals surface area contributed by atoms with Gasteiger partial charge in [-0.05, 0) is 18.9 Å². The third-order valence-corrected chi connectivity index (χ3v) is 3.46. The first-order valence-corrected chi connectivity index (χ1v) is 6.09. The van der Waals surface area contributed by atoms with Crippen molar-refractivity contribution in [3.05, 3.63) is 29.0 Å². The SMILES string of the molecule is O=C(O)C1CCN(C(=O)c2cnccc2Cl)CC1. The fourth-order valence-electron chi connectivity index (χ4n) is 2.03. The maximum atomic E-state index is 12.2. The number of pyridine rings is 1. The lowest BCUT2D eigenvalue weighted by Crippen LogP contribution is -2.40. The van der Waals surface area contributed by atoms with Crippen molar-refractivity contribution in [2.24, 2.45) is 5.92 Å². The molecule has 1 fully saturated rings. The summed E-state index contributed by atoms with van der Waals surface area (Å²) in [6.45, 7) is 0.891. The first-order valence-electron chi connectivity index (χ1n) is 5.71. The zero-order valence-electron chi connectivity index (χ0n) is 9.67. The van der Waals surface area contributed by atoms with Gasteiger partial charge in [0.25, 0.3) is 5.91 Å². The van der Waals surface area contributed by atoms with Crippen molar-refractivity contribution in [3.8, 4) is 0 Å². The van der Waals surface area contributed by atoms with E-state index in [1.54, 1.807) is 11.0 Å². The summed E-state index contributed by atoms with van der Waals surface area (Å²) < 4.78 is 0. The Labute approximate surface area is 109 Å². The number of hydrogen-bond acceptors (Lipinski definition) is 3. The second kappa shape index (κ2) is 5.35. The molecular weight excluding hydrogens is 256 g/mol. The smallest absolute Gasteiger partial charge is 0.306 e. The number of carboxylic acids is 1. The van der Waals surface area contributed by atoms with Crippen LogP contribution in [0, 0.1) is 5.92 Å². The maximum Gasteiger partial charge on any atom is 0.306 e. The van der Waals surface area contributed by atoms with E-state index in [2.05, 4.69) is 4.98 Å². The molecular formula is C12H13ClN2O3. The largest absolute Gasteiger partial charge is 0.481 e. The molecule has 1 aromatic rings. The minimum Gasteiger partial charge on any atom is -0.481 e. The van der Waals surface area contributed by atoms with E-state index in [9.17, 15) is 9.59 Å². The molecule has 1 aliphatic heterocycles. The summed E-state index contributed by atoms with van der Waals surface area (Å²) >= 11 is 5.94. The first-order chi connectivity index (χ1) is 8.59. The van der Waals surface area contributed by atoms with Gasteiger partial charge in [0.1, 0.15) is 0 Å². The quantitative estimate of drug-likeness (QED) is 0.886. The highest BCUT2D eigenvalue weighted by Crippen LogP contribution is 2.21. The molecule has 1 saturated heterocycles. The Morgan fingerprint density at radius 1 is 1.39 bits per heavy atom. The van der Waals surface area contributed by atoms with Gasteiger partial charge in [-0.1, -0.05) is 11.6 Å². The molecule has 0 unspecified atom stereocenters. The third kappa shape index (κ3) is 2.61. The number of piperidine rings is 1. The number of aliphatic carboxylic acids is 1. The Morgan fingerprint density at radius 2 is 2.06 bits per heavy atom. The highest BCUT2D eigenvalue weighted by atomic mass is 35.5. The van der Waals surface area contributed by atoms with Gasteiger partial charge in [-0.3, -0.25) is 14.6 Å². The van der Waals surface area contributed by atoms with E-state index in [1.165, 1.54) is 12.4 Å². The number of likely N-dealkylation sites (tertiary alicyclic amines) is 1. The van der Waals surface area contributed by atoms with E-state index < -0.39 is 5.97 Å². The summed E-state index contributed by atoms with van der Waals surface area (Å²) in [6, 6.07) is 1.57. The molecule has 0 spiro atoms. The zero-order valence-corrected chi connectivity index (χ0v) is 10.4. The van der Waals surface area contributed by atoms with E-state index in [1.807, 2.05) is 0 Å². The number of rotatable bonds is 2. The van der Waals surface area contributed by atoms with E-state index in [0.29, 0.717) is 36.5 Å². The van der Waals surface area contributed by atoms with Crippen LogP contribution in [0.25, 0.3) is 0 Å². The molecule has 96 valence electrons. The normalized spacial score (nSPS) is 16.6. The van der Waals surface area contributed by atoms with E-state index in [0.717, 1.165) is 0 Å². The summed E-state index contributed by atoms with van der Waals surface area (Å²) in [7, 11) is 0. The van der Waals surface area contributed by atoms with Gasteiger partial charge in [-0.2, -0.15) is 0 Å². The van der Waals surface area contributed by atoms with E-state index in [4.69, 9.17) is 16.7 Å². The van der Waals surface area contributed by atoms with Crippen molar-refractivity contribution in [3.63, 3.8) is 0 Å². The molecule has 5 nitrogen and oxygen atoms in total. The Hall–Kier alpha value is -1.62. The number of carbonyl (C=O) groups excluding carboxylic acids is 1. The van der Waals surface area contributed by atoms with Crippen LogP contribution >= 0.6 is 11.6 Å². The highest BCUT2D eigenvalue weighted by molar-refractivity contribution is 6.33. The second-order valence-electron chi connectivity index (χ2n) is 4.26. The Bertz CT molecular complexity index is 470. The molecule has 1 N–H and O–H groups in total. The molecule has 0 saturated carbocycles. The van der Waals surface area contributed by atoms with Crippen LogP contribution in [-0.2, 0) is 4.79 Å². The van der Waals surface area contributed by atoms with Gasteiger partial charge in [-0.15, -0.1) is 0 Å². The minimum atomic E-state index is -0.790. The van der Waals surface area contributed by atoms with Crippen LogP contribution in [0.5, 0.6) is 0 Å². The van der Waals surface area contributed by atoms with Crippen molar-refractivity contribution in [1.29, 1.82) is 0 Å². The number of halogens is 1. The van der Waals surface area contributed by atoms with E-state index in [-0.39, 0.29) is 11.8 Å². The van der Waals surface area contributed by atoms with Crippen molar-refractivity contribution in [2.75, 3.05) is 13.1 Å². The van der Waals surface area contributed by atoms with Gasteiger partial charge in [0, 0.05) is 25.5 Å². The molecule has 18 heavy (non-hydrogen) atoms. The topological polar surface area (TPSA) is 70.5 Å². The standard InChI is InChI=1S/C12H13ClN2O3/c13-10-1-4-14-7-9(10)11(16)15-5-2-8(3-6-15)12(17)18/h1,4,7-8H,2-3,5-6H2,(H,17,18). The molecule has 0 aromatic carbocycles. The predicted octanol–water partition coefficient (Wildman–Crippen LogP) is 1.67. The lowest BCUT2D eigenvalue weighted by molar-refractivity contribution is -0.143. The second-order valence-corrected chi connectivity index (χ2v) is 4.67. The summed E-state index contributed by atoms with van der Waals surface area (Å²) in [5.74, 6) is -1.32. The highest BCUT2D eigenvalue weighted by Gasteiger charge is 2.28. The van der Waals surface area contributed by atoms with E-state index >= 15 is 0 Å². The van der Waals surface area contributed by atoms with Crippen LogP contribution < -0.4 is 0 Å². The number of carbonyl (C=O) groups is 2. The number of nitrogens with zero attached hydrogens (tertiary/aromatic N) is 2. The fourth-order valence-corrected chi connectivity index (χ4v) is 2.22. The first kappa shape index (κ1) is 12.8. The van der Waals surface area contributed by atoms with Crippen molar-refractivity contribution in [2.45, 2.75) is 12.8 Å². The molecule has 0 aliphatic carbocycles. The molecule has 1 amide bonds. The lowest BCUT2D eigenvalue weighted by atomic mass is 9.97. The average molecular weight is 269 g/mol.